The third-order valence-electron chi connectivity index (χ3n) is 4.30. The lowest BCUT2D eigenvalue weighted by Gasteiger charge is -2.37. The molecule has 2 atom stereocenters. The number of amides is 1. The summed E-state index contributed by atoms with van der Waals surface area (Å²) < 4.78 is 0. The maximum Gasteiger partial charge on any atom is 0.307 e. The molecule has 0 bridgehead atoms. The summed E-state index contributed by atoms with van der Waals surface area (Å²) in [6.07, 6.45) is 5.45. The van der Waals surface area contributed by atoms with Crippen LogP contribution in [-0.2, 0) is 9.59 Å². The molecule has 2 aliphatic rings. The van der Waals surface area contributed by atoms with Crippen LogP contribution in [0.25, 0.3) is 0 Å². The summed E-state index contributed by atoms with van der Waals surface area (Å²) in [5.74, 6) is -2.07. The second-order valence-electron chi connectivity index (χ2n) is 5.63. The molecule has 5 heteroatoms. The first kappa shape index (κ1) is 13.3. The van der Waals surface area contributed by atoms with Crippen molar-refractivity contribution < 1.29 is 19.8 Å². The number of hydrogen-bond acceptors (Lipinski definition) is 3. The average Bonchev–Trinajstić information content (AvgIpc) is 2.33. The lowest BCUT2D eigenvalue weighted by molar-refractivity contribution is -0.149. The number of aliphatic hydroxyl groups is 1. The van der Waals surface area contributed by atoms with Crippen LogP contribution in [0.1, 0.15) is 44.9 Å². The van der Waals surface area contributed by atoms with Crippen molar-refractivity contribution in [1.82, 2.24) is 5.32 Å². The van der Waals surface area contributed by atoms with Gasteiger partial charge in [0, 0.05) is 6.54 Å². The molecule has 2 unspecified atom stereocenters. The van der Waals surface area contributed by atoms with Crippen LogP contribution in [0.5, 0.6) is 0 Å². The van der Waals surface area contributed by atoms with Crippen LogP contribution >= 0.6 is 0 Å². The Morgan fingerprint density at radius 1 is 1.11 bits per heavy atom. The van der Waals surface area contributed by atoms with E-state index in [-0.39, 0.29) is 12.5 Å². The third-order valence-corrected chi connectivity index (χ3v) is 4.30. The number of carbonyl (C=O) groups excluding carboxylic acids is 1. The van der Waals surface area contributed by atoms with Gasteiger partial charge in [-0.1, -0.05) is 12.8 Å². The highest BCUT2D eigenvalue weighted by molar-refractivity contribution is 5.84. The van der Waals surface area contributed by atoms with Gasteiger partial charge in [-0.15, -0.1) is 0 Å². The highest BCUT2D eigenvalue weighted by atomic mass is 16.4. The van der Waals surface area contributed by atoms with Crippen molar-refractivity contribution in [3.8, 4) is 0 Å². The minimum Gasteiger partial charge on any atom is -0.481 e. The van der Waals surface area contributed by atoms with Crippen molar-refractivity contribution in [2.75, 3.05) is 6.54 Å². The maximum atomic E-state index is 12.0. The largest absolute Gasteiger partial charge is 0.481 e. The first-order chi connectivity index (χ1) is 8.52. The molecule has 0 aliphatic heterocycles. The number of carbonyl (C=O) groups is 2. The van der Waals surface area contributed by atoms with Crippen LogP contribution in [-0.4, -0.2) is 34.2 Å². The van der Waals surface area contributed by atoms with E-state index >= 15 is 0 Å². The van der Waals surface area contributed by atoms with E-state index in [1.165, 1.54) is 0 Å². The van der Waals surface area contributed by atoms with Crippen LogP contribution in [0.2, 0.25) is 0 Å². The van der Waals surface area contributed by atoms with E-state index in [0.29, 0.717) is 12.8 Å². The molecule has 18 heavy (non-hydrogen) atoms. The Hall–Kier alpha value is -1.10. The zero-order valence-electron chi connectivity index (χ0n) is 10.5. The highest BCUT2D eigenvalue weighted by Crippen LogP contribution is 2.32. The van der Waals surface area contributed by atoms with Gasteiger partial charge in [0.2, 0.25) is 5.91 Å². The van der Waals surface area contributed by atoms with E-state index in [0.717, 1.165) is 32.1 Å². The molecule has 102 valence electrons. The van der Waals surface area contributed by atoms with Crippen molar-refractivity contribution in [2.45, 2.75) is 50.5 Å². The van der Waals surface area contributed by atoms with E-state index in [9.17, 15) is 14.7 Å². The normalized spacial score (nSPS) is 30.3. The quantitative estimate of drug-likeness (QED) is 0.697. The standard InChI is InChI=1S/C13H21NO4/c15-11(14-8-13(18)6-3-7-13)9-4-1-2-5-10(9)12(16)17/h9-10,18H,1-8H2,(H,14,15)(H,16,17). The van der Waals surface area contributed by atoms with Gasteiger partial charge in [-0.2, -0.15) is 0 Å². The van der Waals surface area contributed by atoms with Crippen LogP contribution < -0.4 is 5.32 Å². The minimum absolute atomic E-state index is 0.206. The van der Waals surface area contributed by atoms with Gasteiger partial charge >= 0.3 is 5.97 Å². The van der Waals surface area contributed by atoms with Gasteiger partial charge in [0.15, 0.2) is 0 Å². The summed E-state index contributed by atoms with van der Waals surface area (Å²) in [5.41, 5.74) is -0.747. The van der Waals surface area contributed by atoms with E-state index in [1.807, 2.05) is 0 Å². The van der Waals surface area contributed by atoms with E-state index < -0.39 is 23.4 Å². The van der Waals surface area contributed by atoms with Gasteiger partial charge in [-0.25, -0.2) is 0 Å². The summed E-state index contributed by atoms with van der Waals surface area (Å²) in [7, 11) is 0. The Morgan fingerprint density at radius 2 is 1.72 bits per heavy atom. The molecule has 0 heterocycles. The van der Waals surface area contributed by atoms with Crippen molar-refractivity contribution in [3.63, 3.8) is 0 Å². The number of hydrogen-bond donors (Lipinski definition) is 3. The molecule has 2 aliphatic carbocycles. The minimum atomic E-state index is -0.878. The molecule has 1 amide bonds. The molecule has 5 nitrogen and oxygen atoms in total. The van der Waals surface area contributed by atoms with Gasteiger partial charge < -0.3 is 15.5 Å². The van der Waals surface area contributed by atoms with E-state index in [2.05, 4.69) is 5.32 Å². The second-order valence-corrected chi connectivity index (χ2v) is 5.63. The molecule has 3 N–H and O–H groups in total. The first-order valence-corrected chi connectivity index (χ1v) is 6.75. The molecule has 0 radical (unpaired) electrons. The fourth-order valence-electron chi connectivity index (χ4n) is 2.88. The summed E-state index contributed by atoms with van der Waals surface area (Å²) in [5, 5.41) is 21.7. The highest BCUT2D eigenvalue weighted by Gasteiger charge is 2.38. The number of nitrogens with one attached hydrogen (secondary N) is 1. The Kier molecular flexibility index (Phi) is 3.90. The van der Waals surface area contributed by atoms with Crippen LogP contribution in [0.15, 0.2) is 0 Å². The zero-order valence-corrected chi connectivity index (χ0v) is 10.5. The molecule has 0 aromatic rings. The van der Waals surface area contributed by atoms with Crippen molar-refractivity contribution in [2.24, 2.45) is 11.8 Å². The topological polar surface area (TPSA) is 86.6 Å². The van der Waals surface area contributed by atoms with Gasteiger partial charge in [0.1, 0.15) is 0 Å². The van der Waals surface area contributed by atoms with Crippen molar-refractivity contribution >= 4 is 11.9 Å². The Bertz CT molecular complexity index is 338. The zero-order chi connectivity index (χ0) is 13.2. The molecule has 2 saturated carbocycles. The fraction of sp³-hybridized carbons (Fsp3) is 0.846. The average molecular weight is 255 g/mol. The molecule has 2 rings (SSSR count). The van der Waals surface area contributed by atoms with Crippen LogP contribution in [0.3, 0.4) is 0 Å². The smallest absolute Gasteiger partial charge is 0.307 e. The summed E-state index contributed by atoms with van der Waals surface area (Å²) >= 11 is 0. The summed E-state index contributed by atoms with van der Waals surface area (Å²) in [6, 6.07) is 0. The van der Waals surface area contributed by atoms with E-state index in [4.69, 9.17) is 5.11 Å². The maximum absolute atomic E-state index is 12.0. The summed E-state index contributed by atoms with van der Waals surface area (Å²) in [6.45, 7) is 0.259. The predicted molar refractivity (Wildman–Crippen MR) is 64.9 cm³/mol. The Morgan fingerprint density at radius 3 is 2.22 bits per heavy atom. The molecule has 0 aromatic heterocycles. The Balaban J connectivity index is 1.87. The second kappa shape index (κ2) is 5.26. The molecule has 0 spiro atoms. The lowest BCUT2D eigenvalue weighted by Crippen LogP contribution is -2.50. The molecular formula is C13H21NO4. The predicted octanol–water partition coefficient (Wildman–Crippen LogP) is 0.909. The number of carboxylic acid groups (broad SMARTS) is 1. The lowest BCUT2D eigenvalue weighted by atomic mass is 9.77. The summed E-state index contributed by atoms with van der Waals surface area (Å²) in [4.78, 5) is 23.1. The molecule has 0 aromatic carbocycles. The molecule has 2 fully saturated rings. The number of rotatable bonds is 4. The van der Waals surface area contributed by atoms with E-state index in [1.54, 1.807) is 0 Å². The molecule has 0 saturated heterocycles. The fourth-order valence-corrected chi connectivity index (χ4v) is 2.88. The van der Waals surface area contributed by atoms with Gasteiger partial charge in [0.25, 0.3) is 0 Å². The number of aliphatic carboxylic acids is 1. The van der Waals surface area contributed by atoms with Crippen molar-refractivity contribution in [1.29, 1.82) is 0 Å². The SMILES string of the molecule is O=C(O)C1CCCCC1C(=O)NCC1(O)CCC1. The third kappa shape index (κ3) is 2.83. The molecular weight excluding hydrogens is 234 g/mol. The first-order valence-electron chi connectivity index (χ1n) is 6.75. The Labute approximate surface area is 107 Å². The van der Waals surface area contributed by atoms with Crippen LogP contribution in [0.4, 0.5) is 0 Å². The van der Waals surface area contributed by atoms with Crippen LogP contribution in [0, 0.1) is 11.8 Å². The monoisotopic (exact) mass is 255 g/mol. The van der Waals surface area contributed by atoms with Gasteiger partial charge in [-0.3, -0.25) is 9.59 Å². The number of carboxylic acids is 1. The van der Waals surface area contributed by atoms with Gasteiger partial charge in [0.05, 0.1) is 17.4 Å². The van der Waals surface area contributed by atoms with Crippen molar-refractivity contribution in [3.05, 3.63) is 0 Å². The van der Waals surface area contributed by atoms with Gasteiger partial charge in [-0.05, 0) is 32.1 Å².